The van der Waals surface area contributed by atoms with E-state index in [1.807, 2.05) is 31.2 Å². The van der Waals surface area contributed by atoms with E-state index >= 15 is 0 Å². The van der Waals surface area contributed by atoms with E-state index in [2.05, 4.69) is 25.9 Å². The maximum absolute atomic E-state index is 11.0. The first kappa shape index (κ1) is 12.0. The second kappa shape index (κ2) is 4.84. The zero-order valence-corrected chi connectivity index (χ0v) is 11.3. The number of aromatic amines is 1. The molecule has 17 heavy (non-hydrogen) atoms. The van der Waals surface area contributed by atoms with E-state index in [1.165, 1.54) is 0 Å². The lowest BCUT2D eigenvalue weighted by Gasteiger charge is -1.98. The van der Waals surface area contributed by atoms with Gasteiger partial charge >= 0.3 is 0 Å². The zero-order chi connectivity index (χ0) is 12.4. The normalized spacial score (nSPS) is 10.5. The van der Waals surface area contributed by atoms with Gasteiger partial charge in [-0.05, 0) is 26.0 Å². The Hall–Kier alpha value is -1.42. The highest BCUT2D eigenvalue weighted by atomic mass is 79.9. The molecule has 1 aromatic carbocycles. The fourth-order valence-corrected chi connectivity index (χ4v) is 2.00. The van der Waals surface area contributed by atoms with Gasteiger partial charge < -0.3 is 4.98 Å². The summed E-state index contributed by atoms with van der Waals surface area (Å²) in [6.45, 7) is 3.53. The molecule has 0 saturated carbocycles. The van der Waals surface area contributed by atoms with E-state index in [9.17, 15) is 4.79 Å². The van der Waals surface area contributed by atoms with Crippen LogP contribution in [0.15, 0.2) is 28.7 Å². The molecule has 1 N–H and O–H groups in total. The van der Waals surface area contributed by atoms with Crippen LogP contribution in [0.3, 0.4) is 0 Å². The number of nitrogens with one attached hydrogen (secondary N) is 1. The predicted molar refractivity (Wildman–Crippen MR) is 70.8 cm³/mol. The summed E-state index contributed by atoms with van der Waals surface area (Å²) < 4.78 is 1.04. The number of hydrogen-bond donors (Lipinski definition) is 1. The number of Topliss-reactive ketones (excluding diaryl/α,β-unsaturated/α-hetero) is 1. The summed E-state index contributed by atoms with van der Waals surface area (Å²) in [7, 11) is 0. The Labute approximate surface area is 108 Å². The van der Waals surface area contributed by atoms with Crippen molar-refractivity contribution in [1.29, 1.82) is 0 Å². The van der Waals surface area contributed by atoms with Crippen molar-refractivity contribution in [2.24, 2.45) is 0 Å². The number of ketones is 1. The molecule has 0 aliphatic heterocycles. The topological polar surface area (TPSA) is 45.8 Å². The van der Waals surface area contributed by atoms with Crippen LogP contribution in [-0.4, -0.2) is 15.8 Å². The summed E-state index contributed by atoms with van der Waals surface area (Å²) in [6.07, 6.45) is 0.359. The summed E-state index contributed by atoms with van der Waals surface area (Å²) in [4.78, 5) is 18.7. The Morgan fingerprint density at radius 3 is 2.59 bits per heavy atom. The fraction of sp³-hybridized carbons (Fsp3) is 0.231. The van der Waals surface area contributed by atoms with E-state index in [0.717, 1.165) is 27.2 Å². The molecule has 0 saturated heterocycles. The van der Waals surface area contributed by atoms with Gasteiger partial charge in [0, 0.05) is 15.7 Å². The Balaban J connectivity index is 2.35. The molecule has 4 heteroatoms. The van der Waals surface area contributed by atoms with E-state index < -0.39 is 0 Å². The Morgan fingerprint density at radius 1 is 1.35 bits per heavy atom. The van der Waals surface area contributed by atoms with Gasteiger partial charge in [-0.1, -0.05) is 28.1 Å². The third-order valence-corrected chi connectivity index (χ3v) is 3.00. The molecule has 88 valence electrons. The van der Waals surface area contributed by atoms with E-state index in [0.29, 0.717) is 6.42 Å². The molecule has 3 nitrogen and oxygen atoms in total. The molecule has 0 bridgehead atoms. The zero-order valence-electron chi connectivity index (χ0n) is 9.75. The molecule has 2 aromatic rings. The summed E-state index contributed by atoms with van der Waals surface area (Å²) in [5.41, 5.74) is 2.95. The molecule has 1 heterocycles. The van der Waals surface area contributed by atoms with E-state index in [-0.39, 0.29) is 5.78 Å². The molecular weight excluding hydrogens is 280 g/mol. The summed E-state index contributed by atoms with van der Waals surface area (Å²) in [6, 6.07) is 7.97. The van der Waals surface area contributed by atoms with Crippen molar-refractivity contribution in [3.8, 4) is 11.3 Å². The van der Waals surface area contributed by atoms with Crippen LogP contribution in [0.4, 0.5) is 0 Å². The Bertz CT molecular complexity index is 543. The van der Waals surface area contributed by atoms with Gasteiger partial charge in [-0.15, -0.1) is 0 Å². The number of carbonyl (C=O) groups excluding carboxylic acids is 1. The average Bonchev–Trinajstić information content (AvgIpc) is 2.59. The van der Waals surface area contributed by atoms with Gasteiger partial charge in [0.05, 0.1) is 12.1 Å². The van der Waals surface area contributed by atoms with Crippen LogP contribution in [0, 0.1) is 6.92 Å². The van der Waals surface area contributed by atoms with Crippen LogP contribution in [0.1, 0.15) is 18.4 Å². The van der Waals surface area contributed by atoms with Crippen LogP contribution in [0.5, 0.6) is 0 Å². The first-order valence-corrected chi connectivity index (χ1v) is 6.16. The first-order chi connectivity index (χ1) is 8.06. The predicted octanol–water partition coefficient (Wildman–Crippen LogP) is 3.28. The molecule has 0 aliphatic rings. The molecule has 0 aliphatic carbocycles. The minimum absolute atomic E-state index is 0.112. The first-order valence-electron chi connectivity index (χ1n) is 5.37. The second-order valence-electron chi connectivity index (χ2n) is 4.04. The Morgan fingerprint density at radius 2 is 2.00 bits per heavy atom. The average molecular weight is 293 g/mol. The van der Waals surface area contributed by atoms with Crippen molar-refractivity contribution in [3.05, 3.63) is 40.3 Å². The number of aryl methyl sites for hydroxylation is 1. The lowest BCUT2D eigenvalue weighted by molar-refractivity contribution is -0.116. The van der Waals surface area contributed by atoms with Crippen molar-refractivity contribution < 1.29 is 4.79 Å². The van der Waals surface area contributed by atoms with E-state index in [1.54, 1.807) is 6.92 Å². The van der Waals surface area contributed by atoms with Gasteiger partial charge in [0.1, 0.15) is 11.6 Å². The second-order valence-corrected chi connectivity index (χ2v) is 4.96. The number of H-pyrrole nitrogens is 1. The minimum atomic E-state index is 0.112. The molecule has 1 aromatic heterocycles. The summed E-state index contributed by atoms with van der Waals surface area (Å²) in [5.74, 6) is 0.842. The van der Waals surface area contributed by atoms with Crippen LogP contribution in [0.2, 0.25) is 0 Å². The molecule has 0 amide bonds. The van der Waals surface area contributed by atoms with Crippen LogP contribution in [-0.2, 0) is 11.2 Å². The highest BCUT2D eigenvalue weighted by Gasteiger charge is 2.09. The van der Waals surface area contributed by atoms with Crippen molar-refractivity contribution in [1.82, 2.24) is 9.97 Å². The summed E-state index contributed by atoms with van der Waals surface area (Å²) in [5, 5.41) is 0. The lowest BCUT2D eigenvalue weighted by Crippen LogP contribution is -1.98. The van der Waals surface area contributed by atoms with Gasteiger partial charge in [-0.25, -0.2) is 4.98 Å². The molecule has 2 rings (SSSR count). The molecule has 0 radical (unpaired) electrons. The highest BCUT2D eigenvalue weighted by molar-refractivity contribution is 9.10. The van der Waals surface area contributed by atoms with Crippen LogP contribution >= 0.6 is 15.9 Å². The highest BCUT2D eigenvalue weighted by Crippen LogP contribution is 2.23. The van der Waals surface area contributed by atoms with Crippen molar-refractivity contribution in [2.45, 2.75) is 20.3 Å². The third-order valence-electron chi connectivity index (χ3n) is 2.47. The maximum atomic E-state index is 11.0. The summed E-state index contributed by atoms with van der Waals surface area (Å²) >= 11 is 3.40. The number of aromatic nitrogens is 2. The molecule has 0 unspecified atom stereocenters. The number of halogens is 1. The molecule has 0 fully saturated rings. The standard InChI is InChI=1S/C13H13BrN2O/c1-8(17)7-12-15-9(2)13(16-12)10-3-5-11(14)6-4-10/h3-6H,7H2,1-2H3,(H,15,16). The van der Waals surface area contributed by atoms with Crippen molar-refractivity contribution in [3.63, 3.8) is 0 Å². The maximum Gasteiger partial charge on any atom is 0.137 e. The number of rotatable bonds is 3. The number of nitrogens with zero attached hydrogens (tertiary/aromatic N) is 1. The number of carbonyl (C=O) groups is 1. The van der Waals surface area contributed by atoms with Gasteiger partial charge in [0.15, 0.2) is 0 Å². The fourth-order valence-electron chi connectivity index (χ4n) is 1.73. The van der Waals surface area contributed by atoms with Crippen LogP contribution in [0.25, 0.3) is 11.3 Å². The van der Waals surface area contributed by atoms with Gasteiger partial charge in [0.2, 0.25) is 0 Å². The van der Waals surface area contributed by atoms with Gasteiger partial charge in [-0.3, -0.25) is 4.79 Å². The Kier molecular flexibility index (Phi) is 3.43. The van der Waals surface area contributed by atoms with Gasteiger partial charge in [-0.2, -0.15) is 0 Å². The third kappa shape index (κ3) is 2.82. The minimum Gasteiger partial charge on any atom is -0.345 e. The molecular formula is C13H13BrN2O. The lowest BCUT2D eigenvalue weighted by atomic mass is 10.1. The monoisotopic (exact) mass is 292 g/mol. The smallest absolute Gasteiger partial charge is 0.137 e. The van der Waals surface area contributed by atoms with Gasteiger partial charge in [0.25, 0.3) is 0 Å². The van der Waals surface area contributed by atoms with Crippen LogP contribution < -0.4 is 0 Å². The number of benzene rings is 1. The number of hydrogen-bond acceptors (Lipinski definition) is 2. The SMILES string of the molecule is CC(=O)Cc1nc(-c2ccc(Br)cc2)c(C)[nH]1. The molecule has 0 spiro atoms. The molecule has 0 atom stereocenters. The number of imidazole rings is 1. The van der Waals surface area contributed by atoms with Crippen molar-refractivity contribution in [2.75, 3.05) is 0 Å². The largest absolute Gasteiger partial charge is 0.345 e. The van der Waals surface area contributed by atoms with E-state index in [4.69, 9.17) is 0 Å². The van der Waals surface area contributed by atoms with Crippen molar-refractivity contribution >= 4 is 21.7 Å². The quantitative estimate of drug-likeness (QED) is 0.944.